The summed E-state index contributed by atoms with van der Waals surface area (Å²) in [6.45, 7) is 4.11. The van der Waals surface area contributed by atoms with Gasteiger partial charge in [0.15, 0.2) is 0 Å². The SMILES string of the molecule is CCC(CC)(CN)C(=O)Nc1ccc(C(=O)O)nc1. The van der Waals surface area contributed by atoms with E-state index >= 15 is 0 Å². The molecule has 6 heteroatoms. The van der Waals surface area contributed by atoms with Gasteiger partial charge < -0.3 is 16.2 Å². The molecule has 0 aliphatic heterocycles. The van der Waals surface area contributed by atoms with E-state index < -0.39 is 11.4 Å². The summed E-state index contributed by atoms with van der Waals surface area (Å²) >= 11 is 0. The van der Waals surface area contributed by atoms with E-state index in [1.165, 1.54) is 18.3 Å². The molecule has 0 unspecified atom stereocenters. The van der Waals surface area contributed by atoms with Crippen molar-refractivity contribution in [1.29, 1.82) is 0 Å². The molecule has 0 saturated heterocycles. The van der Waals surface area contributed by atoms with E-state index in [9.17, 15) is 9.59 Å². The predicted octanol–water partition coefficient (Wildman–Crippen LogP) is 1.48. The van der Waals surface area contributed by atoms with E-state index in [0.29, 0.717) is 18.5 Å². The largest absolute Gasteiger partial charge is 0.477 e. The van der Waals surface area contributed by atoms with Crippen LogP contribution in [-0.4, -0.2) is 28.5 Å². The zero-order valence-corrected chi connectivity index (χ0v) is 11.1. The highest BCUT2D eigenvalue weighted by Crippen LogP contribution is 2.26. The first-order chi connectivity index (χ1) is 8.99. The van der Waals surface area contributed by atoms with Crippen LogP contribution in [0.25, 0.3) is 0 Å². The Hall–Kier alpha value is -1.95. The molecule has 104 valence electrons. The number of carbonyl (C=O) groups is 2. The maximum atomic E-state index is 12.2. The Morgan fingerprint density at radius 1 is 1.37 bits per heavy atom. The third kappa shape index (κ3) is 3.29. The molecule has 0 saturated carbocycles. The van der Waals surface area contributed by atoms with E-state index in [2.05, 4.69) is 10.3 Å². The number of carboxylic acids is 1. The van der Waals surface area contributed by atoms with Crippen LogP contribution in [0.4, 0.5) is 5.69 Å². The van der Waals surface area contributed by atoms with Crippen LogP contribution in [0.3, 0.4) is 0 Å². The van der Waals surface area contributed by atoms with Crippen molar-refractivity contribution < 1.29 is 14.7 Å². The normalized spacial score (nSPS) is 11.1. The molecule has 6 nitrogen and oxygen atoms in total. The third-order valence-electron chi connectivity index (χ3n) is 3.47. The lowest BCUT2D eigenvalue weighted by Gasteiger charge is -2.28. The number of rotatable bonds is 6. The first kappa shape index (κ1) is 15.1. The van der Waals surface area contributed by atoms with Crippen molar-refractivity contribution >= 4 is 17.6 Å². The van der Waals surface area contributed by atoms with Gasteiger partial charge in [0.05, 0.1) is 17.3 Å². The fourth-order valence-electron chi connectivity index (χ4n) is 1.81. The molecule has 0 bridgehead atoms. The van der Waals surface area contributed by atoms with Crippen molar-refractivity contribution in [2.45, 2.75) is 26.7 Å². The molecule has 0 atom stereocenters. The summed E-state index contributed by atoms with van der Waals surface area (Å²) in [6.07, 6.45) is 2.62. The van der Waals surface area contributed by atoms with Crippen LogP contribution in [0, 0.1) is 5.41 Å². The quantitative estimate of drug-likeness (QED) is 0.722. The number of nitrogens with two attached hydrogens (primary N) is 1. The number of hydrogen-bond donors (Lipinski definition) is 3. The molecule has 19 heavy (non-hydrogen) atoms. The number of pyridine rings is 1. The van der Waals surface area contributed by atoms with Gasteiger partial charge in [-0.05, 0) is 25.0 Å². The number of hydrogen-bond acceptors (Lipinski definition) is 4. The van der Waals surface area contributed by atoms with Crippen LogP contribution >= 0.6 is 0 Å². The van der Waals surface area contributed by atoms with Gasteiger partial charge in [0.25, 0.3) is 0 Å². The van der Waals surface area contributed by atoms with Gasteiger partial charge in [-0.15, -0.1) is 0 Å². The van der Waals surface area contributed by atoms with E-state index in [4.69, 9.17) is 10.8 Å². The molecule has 1 heterocycles. The number of amides is 1. The first-order valence-corrected chi connectivity index (χ1v) is 6.20. The first-order valence-electron chi connectivity index (χ1n) is 6.20. The van der Waals surface area contributed by atoms with Gasteiger partial charge in [0, 0.05) is 6.54 Å². The van der Waals surface area contributed by atoms with E-state index in [1.807, 2.05) is 13.8 Å². The van der Waals surface area contributed by atoms with Crippen LogP contribution in [0.1, 0.15) is 37.2 Å². The molecule has 1 aromatic rings. The number of aromatic nitrogens is 1. The molecule has 1 rings (SSSR count). The molecule has 1 amide bonds. The lowest BCUT2D eigenvalue weighted by atomic mass is 9.81. The van der Waals surface area contributed by atoms with Crippen molar-refractivity contribution in [3.8, 4) is 0 Å². The summed E-state index contributed by atoms with van der Waals surface area (Å²) < 4.78 is 0. The van der Waals surface area contributed by atoms with Gasteiger partial charge in [-0.25, -0.2) is 9.78 Å². The second kappa shape index (κ2) is 6.29. The standard InChI is InChI=1S/C13H19N3O3/c1-3-13(4-2,8-14)12(19)16-9-5-6-10(11(17)18)15-7-9/h5-7H,3-4,8,14H2,1-2H3,(H,16,19)(H,17,18). The summed E-state index contributed by atoms with van der Waals surface area (Å²) in [5.41, 5.74) is 5.51. The maximum Gasteiger partial charge on any atom is 0.354 e. The molecular weight excluding hydrogens is 246 g/mol. The van der Waals surface area contributed by atoms with Crippen molar-refractivity contribution in [1.82, 2.24) is 4.98 Å². The smallest absolute Gasteiger partial charge is 0.354 e. The highest BCUT2D eigenvalue weighted by atomic mass is 16.4. The van der Waals surface area contributed by atoms with Crippen LogP contribution in [0.5, 0.6) is 0 Å². The Labute approximate surface area is 112 Å². The van der Waals surface area contributed by atoms with E-state index in [1.54, 1.807) is 0 Å². The van der Waals surface area contributed by atoms with Gasteiger partial charge in [-0.1, -0.05) is 13.8 Å². The molecule has 0 aliphatic carbocycles. The van der Waals surface area contributed by atoms with Crippen molar-refractivity contribution in [3.05, 3.63) is 24.0 Å². The Morgan fingerprint density at radius 2 is 2.00 bits per heavy atom. The molecule has 4 N–H and O–H groups in total. The minimum absolute atomic E-state index is 0.0610. The van der Waals surface area contributed by atoms with Crippen LogP contribution in [0.15, 0.2) is 18.3 Å². The second-order valence-corrected chi connectivity index (χ2v) is 4.38. The molecule has 0 fully saturated rings. The van der Waals surface area contributed by atoms with E-state index in [-0.39, 0.29) is 18.1 Å². The number of aromatic carboxylic acids is 1. The van der Waals surface area contributed by atoms with Crippen molar-refractivity contribution in [2.24, 2.45) is 11.1 Å². The molecule has 0 aromatic carbocycles. The Kier molecular flexibility index (Phi) is 5.00. The van der Waals surface area contributed by atoms with Gasteiger partial charge in [-0.3, -0.25) is 4.79 Å². The minimum Gasteiger partial charge on any atom is -0.477 e. The van der Waals surface area contributed by atoms with Gasteiger partial charge in [0.2, 0.25) is 5.91 Å². The summed E-state index contributed by atoms with van der Waals surface area (Å²) in [4.78, 5) is 26.6. The van der Waals surface area contributed by atoms with Gasteiger partial charge in [-0.2, -0.15) is 0 Å². The zero-order chi connectivity index (χ0) is 14.5. The second-order valence-electron chi connectivity index (χ2n) is 4.38. The highest BCUT2D eigenvalue weighted by molar-refractivity contribution is 5.95. The number of carboxylic acid groups (broad SMARTS) is 1. The average molecular weight is 265 g/mol. The Balaban J connectivity index is 2.84. The third-order valence-corrected chi connectivity index (χ3v) is 3.47. The summed E-state index contributed by atoms with van der Waals surface area (Å²) in [6, 6.07) is 2.86. The number of carbonyl (C=O) groups excluding carboxylic acids is 1. The van der Waals surface area contributed by atoms with Crippen LogP contribution in [-0.2, 0) is 4.79 Å². The van der Waals surface area contributed by atoms with Crippen molar-refractivity contribution in [2.75, 3.05) is 11.9 Å². The molecule has 1 aromatic heterocycles. The Morgan fingerprint density at radius 3 is 2.37 bits per heavy atom. The predicted molar refractivity (Wildman–Crippen MR) is 71.9 cm³/mol. The summed E-state index contributed by atoms with van der Waals surface area (Å²) in [5, 5.41) is 11.5. The molecular formula is C13H19N3O3. The zero-order valence-electron chi connectivity index (χ0n) is 11.1. The fourth-order valence-corrected chi connectivity index (χ4v) is 1.81. The molecule has 0 radical (unpaired) electrons. The summed E-state index contributed by atoms with van der Waals surface area (Å²) in [7, 11) is 0. The van der Waals surface area contributed by atoms with Crippen molar-refractivity contribution in [3.63, 3.8) is 0 Å². The number of anilines is 1. The van der Waals surface area contributed by atoms with Gasteiger partial charge >= 0.3 is 5.97 Å². The lowest BCUT2D eigenvalue weighted by Crippen LogP contribution is -2.41. The topological polar surface area (TPSA) is 105 Å². The minimum atomic E-state index is -1.10. The van der Waals surface area contributed by atoms with Crippen LogP contribution < -0.4 is 11.1 Å². The average Bonchev–Trinajstić information content (AvgIpc) is 2.42. The molecule has 0 aliphatic rings. The number of nitrogens with zero attached hydrogens (tertiary/aromatic N) is 1. The Bertz CT molecular complexity index is 444. The maximum absolute atomic E-state index is 12.2. The molecule has 0 spiro atoms. The summed E-state index contributed by atoms with van der Waals surface area (Å²) in [5.74, 6) is -1.26. The number of nitrogens with one attached hydrogen (secondary N) is 1. The van der Waals surface area contributed by atoms with Gasteiger partial charge in [0.1, 0.15) is 5.69 Å². The van der Waals surface area contributed by atoms with Crippen LogP contribution in [0.2, 0.25) is 0 Å². The lowest BCUT2D eigenvalue weighted by molar-refractivity contribution is -0.125. The monoisotopic (exact) mass is 265 g/mol. The highest BCUT2D eigenvalue weighted by Gasteiger charge is 2.33. The fraction of sp³-hybridized carbons (Fsp3) is 0.462. The van der Waals surface area contributed by atoms with E-state index in [0.717, 1.165) is 0 Å².